The van der Waals surface area contributed by atoms with Gasteiger partial charge in [-0.1, -0.05) is 23.2 Å². The summed E-state index contributed by atoms with van der Waals surface area (Å²) < 4.78 is 13.3. The Labute approximate surface area is 113 Å². The molecule has 96 valence electrons. The van der Waals surface area contributed by atoms with Crippen LogP contribution in [-0.4, -0.2) is 27.2 Å². The van der Waals surface area contributed by atoms with Crippen molar-refractivity contribution < 1.29 is 14.0 Å². The number of hydrogen-bond acceptors (Lipinski definition) is 3. The van der Waals surface area contributed by atoms with Crippen LogP contribution < -0.4 is 0 Å². The third-order valence-corrected chi connectivity index (χ3v) is 3.35. The van der Waals surface area contributed by atoms with E-state index in [0.29, 0.717) is 0 Å². The molecular weight excluding hydrogens is 282 g/mol. The number of carbonyl (C=O) groups excluding carboxylic acids is 2. The van der Waals surface area contributed by atoms with Crippen LogP contribution in [0.15, 0.2) is 0 Å². The van der Waals surface area contributed by atoms with Gasteiger partial charge in [0.05, 0.1) is 10.6 Å². The van der Waals surface area contributed by atoms with Gasteiger partial charge in [0.15, 0.2) is 0 Å². The zero-order chi connectivity index (χ0) is 13.8. The molecule has 0 aliphatic carbocycles. The fraction of sp³-hybridized carbons (Fsp3) is 0.364. The third kappa shape index (κ3) is 1.69. The molecule has 2 amide bonds. The number of pyridine rings is 1. The predicted octanol–water partition coefficient (Wildman–Crippen LogP) is 2.92. The fourth-order valence-electron chi connectivity index (χ4n) is 1.78. The standard InChI is InChI=1S/C11H9Cl2FN2O2/c1-11(2,3)16-9(17)4-5(12)6(13)8(14)15-7(4)10(16)18/h1-3H3. The Hall–Kier alpha value is -1.20. The van der Waals surface area contributed by atoms with Gasteiger partial charge in [-0.25, -0.2) is 4.98 Å². The monoisotopic (exact) mass is 290 g/mol. The van der Waals surface area contributed by atoms with E-state index in [4.69, 9.17) is 23.2 Å². The van der Waals surface area contributed by atoms with Crippen molar-refractivity contribution in [3.05, 3.63) is 27.3 Å². The molecular formula is C11H9Cl2FN2O2. The van der Waals surface area contributed by atoms with Gasteiger partial charge in [0.25, 0.3) is 11.8 Å². The highest BCUT2D eigenvalue weighted by Gasteiger charge is 2.45. The van der Waals surface area contributed by atoms with Gasteiger partial charge in [-0.15, -0.1) is 0 Å². The summed E-state index contributed by atoms with van der Waals surface area (Å²) in [5.74, 6) is -2.33. The lowest BCUT2D eigenvalue weighted by molar-refractivity contribution is 0.0505. The maximum absolute atomic E-state index is 13.3. The molecule has 18 heavy (non-hydrogen) atoms. The minimum absolute atomic E-state index is 0.136. The molecule has 1 aromatic heterocycles. The topological polar surface area (TPSA) is 50.3 Å². The minimum Gasteiger partial charge on any atom is -0.268 e. The number of fused-ring (bicyclic) bond motifs is 1. The van der Waals surface area contributed by atoms with Gasteiger partial charge in [-0.3, -0.25) is 14.5 Å². The lowest BCUT2D eigenvalue weighted by Gasteiger charge is -2.29. The smallest absolute Gasteiger partial charge is 0.268 e. The zero-order valence-corrected chi connectivity index (χ0v) is 11.4. The van der Waals surface area contributed by atoms with Gasteiger partial charge in [-0.05, 0) is 20.8 Å². The second kappa shape index (κ2) is 3.90. The third-order valence-electron chi connectivity index (χ3n) is 2.53. The Bertz CT molecular complexity index is 581. The van der Waals surface area contributed by atoms with Gasteiger partial charge in [-0.2, -0.15) is 4.39 Å². The molecule has 7 heteroatoms. The van der Waals surface area contributed by atoms with Gasteiger partial charge in [0.1, 0.15) is 10.7 Å². The number of amides is 2. The molecule has 0 spiro atoms. The van der Waals surface area contributed by atoms with Gasteiger partial charge >= 0.3 is 0 Å². The average Bonchev–Trinajstić information content (AvgIpc) is 2.47. The van der Waals surface area contributed by atoms with Crippen molar-refractivity contribution in [1.29, 1.82) is 0 Å². The summed E-state index contributed by atoms with van der Waals surface area (Å²) in [6.07, 6.45) is 0. The van der Waals surface area contributed by atoms with Crippen molar-refractivity contribution in [2.45, 2.75) is 26.3 Å². The molecule has 4 nitrogen and oxygen atoms in total. The highest BCUT2D eigenvalue weighted by atomic mass is 35.5. The second-order valence-electron chi connectivity index (χ2n) is 4.87. The second-order valence-corrected chi connectivity index (χ2v) is 5.63. The van der Waals surface area contributed by atoms with E-state index in [2.05, 4.69) is 4.98 Å². The highest BCUT2D eigenvalue weighted by molar-refractivity contribution is 6.45. The molecule has 0 aromatic carbocycles. The molecule has 0 unspecified atom stereocenters. The number of halogens is 3. The van der Waals surface area contributed by atoms with Crippen molar-refractivity contribution in [1.82, 2.24) is 9.88 Å². The normalized spacial score (nSPS) is 15.3. The first-order valence-corrected chi connectivity index (χ1v) is 5.85. The molecule has 0 saturated carbocycles. The zero-order valence-electron chi connectivity index (χ0n) is 9.84. The summed E-state index contributed by atoms with van der Waals surface area (Å²) in [6.45, 7) is 5.04. The van der Waals surface area contributed by atoms with Crippen LogP contribution in [0.4, 0.5) is 4.39 Å². The number of rotatable bonds is 0. The highest BCUT2D eigenvalue weighted by Crippen LogP contribution is 2.36. The maximum atomic E-state index is 13.3. The Kier molecular flexibility index (Phi) is 2.87. The van der Waals surface area contributed by atoms with Crippen molar-refractivity contribution >= 4 is 35.0 Å². The van der Waals surface area contributed by atoms with Crippen LogP contribution >= 0.6 is 23.2 Å². The Morgan fingerprint density at radius 1 is 1.11 bits per heavy atom. The quantitative estimate of drug-likeness (QED) is 0.545. The average molecular weight is 291 g/mol. The first-order valence-electron chi connectivity index (χ1n) is 5.09. The Balaban J connectivity index is 2.71. The predicted molar refractivity (Wildman–Crippen MR) is 64.5 cm³/mol. The molecule has 2 heterocycles. The molecule has 0 fully saturated rings. The fourth-order valence-corrected chi connectivity index (χ4v) is 2.16. The summed E-state index contributed by atoms with van der Waals surface area (Å²) >= 11 is 11.4. The number of imide groups is 1. The summed E-state index contributed by atoms with van der Waals surface area (Å²) in [6, 6.07) is 0. The molecule has 1 aromatic rings. The molecule has 0 N–H and O–H groups in total. The number of hydrogen-bond donors (Lipinski definition) is 0. The van der Waals surface area contributed by atoms with Crippen LogP contribution in [0.1, 0.15) is 41.6 Å². The molecule has 1 aliphatic rings. The van der Waals surface area contributed by atoms with Crippen LogP contribution in [-0.2, 0) is 0 Å². The van der Waals surface area contributed by atoms with Crippen molar-refractivity contribution in [2.75, 3.05) is 0 Å². The van der Waals surface area contributed by atoms with Crippen LogP contribution in [0.25, 0.3) is 0 Å². The van der Waals surface area contributed by atoms with Crippen LogP contribution in [0, 0.1) is 5.95 Å². The largest absolute Gasteiger partial charge is 0.280 e. The molecule has 2 rings (SSSR count). The summed E-state index contributed by atoms with van der Waals surface area (Å²) in [4.78, 5) is 28.6. The number of aromatic nitrogens is 1. The lowest BCUT2D eigenvalue weighted by atomic mass is 10.1. The van der Waals surface area contributed by atoms with E-state index in [9.17, 15) is 14.0 Å². The SMILES string of the molecule is CC(C)(C)N1C(=O)c2nc(F)c(Cl)c(Cl)c2C1=O. The summed E-state index contributed by atoms with van der Waals surface area (Å²) in [5, 5.41) is -0.725. The molecule has 0 bridgehead atoms. The van der Waals surface area contributed by atoms with E-state index in [0.717, 1.165) is 4.90 Å². The van der Waals surface area contributed by atoms with Crippen LogP contribution in [0.5, 0.6) is 0 Å². The van der Waals surface area contributed by atoms with Crippen molar-refractivity contribution in [2.24, 2.45) is 0 Å². The minimum atomic E-state index is -1.06. The van der Waals surface area contributed by atoms with E-state index < -0.39 is 28.3 Å². The van der Waals surface area contributed by atoms with E-state index in [-0.39, 0.29) is 16.3 Å². The summed E-state index contributed by atoms with van der Waals surface area (Å²) in [7, 11) is 0. The molecule has 0 radical (unpaired) electrons. The van der Waals surface area contributed by atoms with E-state index in [1.165, 1.54) is 0 Å². The molecule has 0 atom stereocenters. The first kappa shape index (κ1) is 13.2. The number of nitrogens with zero attached hydrogens (tertiary/aromatic N) is 2. The Morgan fingerprint density at radius 3 is 2.17 bits per heavy atom. The van der Waals surface area contributed by atoms with Gasteiger partial charge < -0.3 is 0 Å². The summed E-state index contributed by atoms with van der Waals surface area (Å²) in [5.41, 5.74) is -1.17. The van der Waals surface area contributed by atoms with E-state index in [1.807, 2.05) is 0 Å². The van der Waals surface area contributed by atoms with E-state index >= 15 is 0 Å². The Morgan fingerprint density at radius 2 is 1.67 bits per heavy atom. The van der Waals surface area contributed by atoms with Crippen LogP contribution in [0.3, 0.4) is 0 Å². The molecule has 1 aliphatic heterocycles. The van der Waals surface area contributed by atoms with Crippen LogP contribution in [0.2, 0.25) is 10.0 Å². The van der Waals surface area contributed by atoms with Gasteiger partial charge in [0.2, 0.25) is 5.95 Å². The molecule has 0 saturated heterocycles. The number of carbonyl (C=O) groups is 2. The van der Waals surface area contributed by atoms with Crippen molar-refractivity contribution in [3.63, 3.8) is 0 Å². The van der Waals surface area contributed by atoms with Crippen molar-refractivity contribution in [3.8, 4) is 0 Å². The lowest BCUT2D eigenvalue weighted by Crippen LogP contribution is -2.45. The van der Waals surface area contributed by atoms with E-state index in [1.54, 1.807) is 20.8 Å². The maximum Gasteiger partial charge on any atom is 0.280 e. The van der Waals surface area contributed by atoms with Gasteiger partial charge in [0, 0.05) is 5.54 Å². The first-order chi connectivity index (χ1) is 8.16.